The van der Waals surface area contributed by atoms with Gasteiger partial charge in [-0.05, 0) is 46.0 Å². The van der Waals surface area contributed by atoms with Crippen LogP contribution in [0.15, 0.2) is 154 Å². The summed E-state index contributed by atoms with van der Waals surface area (Å²) in [5, 5.41) is 26.7. The molecule has 4 aromatic carbocycles. The average Bonchev–Trinajstić information content (AvgIpc) is 4.01. The van der Waals surface area contributed by atoms with E-state index in [1.807, 2.05) is 91.0 Å². The number of thioether (sulfide) groups is 1. The van der Waals surface area contributed by atoms with E-state index in [1.54, 1.807) is 36.8 Å². The van der Waals surface area contributed by atoms with Crippen LogP contribution in [0.1, 0.15) is 44.2 Å². The molecule has 2 N–H and O–H groups in total. The van der Waals surface area contributed by atoms with Crippen LogP contribution in [-0.4, -0.2) is 75.9 Å². The number of hydrogen-bond donors (Lipinski definition) is 2. The average molecular weight is 905 g/mol. The molecule has 1 fully saturated rings. The predicted octanol–water partition coefficient (Wildman–Crippen LogP) is 2.37. The Morgan fingerprint density at radius 2 is 1.53 bits per heavy atom. The van der Waals surface area contributed by atoms with Crippen molar-refractivity contribution in [3.63, 3.8) is 0 Å². The predicted molar refractivity (Wildman–Crippen MR) is 233 cm³/mol. The minimum absolute atomic E-state index is 0. The molecule has 0 unspecified atom stereocenters. The van der Waals surface area contributed by atoms with Gasteiger partial charge in [0.25, 0.3) is 11.8 Å². The molecule has 1 saturated heterocycles. The number of fused-ring (bicyclic) bond motifs is 1. The summed E-state index contributed by atoms with van der Waals surface area (Å²) in [6.07, 6.45) is 2.94. The number of benzene rings is 4. The van der Waals surface area contributed by atoms with Gasteiger partial charge in [-0.25, -0.2) is 9.78 Å². The Bertz CT molecular complexity index is 2630. The SMILES string of the molecule is CO/N=C(\C(=O)N[C@@H]1C(=O)N2C(C(=O)OCc3ccc(OC)cc3)=C(/C=C\c3cc(C(=O)[O-])no3)CS[C@H]12)c1csc(NC(c2ccccc2)(c2ccccc2)c2ccccc2)n1.[Na+]. The molecule has 2 atom stereocenters. The van der Waals surface area contributed by atoms with Crippen LogP contribution in [0.25, 0.3) is 6.08 Å². The number of ether oxygens (including phenoxy) is 2. The van der Waals surface area contributed by atoms with Gasteiger partial charge in [-0.2, -0.15) is 0 Å². The Labute approximate surface area is 397 Å². The van der Waals surface area contributed by atoms with E-state index in [4.69, 9.17) is 23.8 Å². The van der Waals surface area contributed by atoms with Crippen LogP contribution >= 0.6 is 23.1 Å². The summed E-state index contributed by atoms with van der Waals surface area (Å²) in [5.41, 5.74) is 2.65. The first-order chi connectivity index (χ1) is 30.7. The Hall–Kier alpha value is -6.50. The Morgan fingerprint density at radius 3 is 2.09 bits per heavy atom. The molecule has 64 heavy (non-hydrogen) atoms. The quantitative estimate of drug-likeness (QED) is 0.0359. The van der Waals surface area contributed by atoms with Crippen molar-refractivity contribution in [3.8, 4) is 5.75 Å². The fourth-order valence-electron chi connectivity index (χ4n) is 7.23. The van der Waals surface area contributed by atoms with Crippen LogP contribution in [-0.2, 0) is 36.1 Å². The van der Waals surface area contributed by atoms with Crippen molar-refractivity contribution in [3.05, 3.63) is 183 Å². The van der Waals surface area contributed by atoms with Crippen LogP contribution in [0.4, 0.5) is 5.13 Å². The fraction of sp³-hybridized carbons (Fsp3) is 0.152. The van der Waals surface area contributed by atoms with Gasteiger partial charge < -0.3 is 39.4 Å². The molecule has 0 spiro atoms. The number of carboxylic acid groups (broad SMARTS) is 1. The number of nitrogens with one attached hydrogen (secondary N) is 2. The second-order valence-corrected chi connectivity index (χ2v) is 16.0. The van der Waals surface area contributed by atoms with Gasteiger partial charge in [-0.1, -0.05) is 120 Å². The van der Waals surface area contributed by atoms with E-state index in [9.17, 15) is 24.3 Å². The third kappa shape index (κ3) is 9.39. The molecule has 6 aromatic rings. The van der Waals surface area contributed by atoms with Gasteiger partial charge in [-0.15, -0.1) is 23.1 Å². The number of oxime groups is 1. The fourth-order valence-corrected chi connectivity index (χ4v) is 9.30. The number of amides is 2. The normalized spacial score (nSPS) is 16.0. The molecule has 2 aromatic heterocycles. The van der Waals surface area contributed by atoms with E-state index < -0.39 is 46.4 Å². The molecule has 2 aliphatic heterocycles. The van der Waals surface area contributed by atoms with Crippen molar-refractivity contribution in [1.29, 1.82) is 0 Å². The summed E-state index contributed by atoms with van der Waals surface area (Å²) < 4.78 is 16.0. The van der Waals surface area contributed by atoms with Crippen molar-refractivity contribution in [2.45, 2.75) is 23.6 Å². The first kappa shape index (κ1) is 45.5. The second kappa shape index (κ2) is 20.3. The van der Waals surface area contributed by atoms with Gasteiger partial charge >= 0.3 is 35.5 Å². The summed E-state index contributed by atoms with van der Waals surface area (Å²) in [6, 6.07) is 37.0. The molecular formula is C46H37N6NaO9S2. The number of carbonyl (C=O) groups is 4. The number of β-lactam (4-membered cyclic amide) rings is 1. The van der Waals surface area contributed by atoms with Gasteiger partial charge in [-0.3, -0.25) is 14.5 Å². The summed E-state index contributed by atoms with van der Waals surface area (Å²) in [6.45, 7) is -0.106. The standard InChI is InChI=1S/C46H38N6O9S2.Na/c1-58-33-21-18-28(19-22-33)25-60-44(57)39-29(20-23-34-24-35(43(55)56)50-61-34)26-62-42-38(41(54)52(39)42)48-40(53)37(51-59-2)36-27-63-45(47-36)49-46(30-12-6-3-7-13-30,31-14-8-4-9-15-31)32-16-10-5-11-17-32;/h3-24,27,38,42H,25-26H2,1-2H3,(H,47,49)(H,48,53)(H,55,56);/q;+1/p-1/b23-20-,51-37-;/t38-,42-;/m1./s1. The molecule has 0 aliphatic carbocycles. The summed E-state index contributed by atoms with van der Waals surface area (Å²) in [7, 11) is 2.85. The van der Waals surface area contributed by atoms with E-state index in [1.165, 1.54) is 53.3 Å². The molecule has 4 heterocycles. The first-order valence-corrected chi connectivity index (χ1v) is 21.3. The van der Waals surface area contributed by atoms with Gasteiger partial charge in [0.1, 0.15) is 53.5 Å². The van der Waals surface area contributed by atoms with Crippen LogP contribution < -0.4 is 50.0 Å². The smallest absolute Gasteiger partial charge is 0.543 e. The Morgan fingerprint density at radius 1 is 0.906 bits per heavy atom. The van der Waals surface area contributed by atoms with E-state index in [-0.39, 0.29) is 64.8 Å². The number of allylic oxidation sites excluding steroid dienone is 1. The van der Waals surface area contributed by atoms with E-state index >= 15 is 0 Å². The maximum absolute atomic E-state index is 14.1. The molecule has 15 nitrogen and oxygen atoms in total. The zero-order valence-electron chi connectivity index (χ0n) is 34.6. The van der Waals surface area contributed by atoms with Crippen LogP contribution in [0.5, 0.6) is 5.75 Å². The second-order valence-electron chi connectivity index (χ2n) is 14.0. The molecule has 8 rings (SSSR count). The summed E-state index contributed by atoms with van der Waals surface area (Å²) in [4.78, 5) is 64.3. The van der Waals surface area contributed by atoms with Gasteiger partial charge in [0.15, 0.2) is 16.6 Å². The molecule has 0 saturated carbocycles. The number of hydrogen-bond acceptors (Lipinski definition) is 15. The van der Waals surface area contributed by atoms with E-state index in [0.29, 0.717) is 22.0 Å². The zero-order valence-corrected chi connectivity index (χ0v) is 38.3. The number of nitrogens with zero attached hydrogens (tertiary/aromatic N) is 4. The number of carboxylic acids is 1. The molecule has 18 heteroatoms. The Balaban J connectivity index is 0.00000612. The van der Waals surface area contributed by atoms with E-state index in [2.05, 4.69) is 20.9 Å². The minimum Gasteiger partial charge on any atom is -0.543 e. The van der Waals surface area contributed by atoms with Crippen molar-refractivity contribution >= 4 is 63.8 Å². The number of rotatable bonds is 16. The van der Waals surface area contributed by atoms with Crippen molar-refractivity contribution in [1.82, 2.24) is 20.4 Å². The molecule has 0 radical (unpaired) electrons. The molecule has 2 aliphatic rings. The largest absolute Gasteiger partial charge is 1.00 e. The maximum Gasteiger partial charge on any atom is 1.00 e. The van der Waals surface area contributed by atoms with Crippen LogP contribution in [0.3, 0.4) is 0 Å². The number of esters is 1. The van der Waals surface area contributed by atoms with Crippen molar-refractivity contribution < 1.29 is 72.7 Å². The van der Waals surface area contributed by atoms with Gasteiger partial charge in [0.2, 0.25) is 0 Å². The molecule has 318 valence electrons. The van der Waals surface area contributed by atoms with Gasteiger partial charge in [0, 0.05) is 17.2 Å². The zero-order chi connectivity index (χ0) is 43.9. The summed E-state index contributed by atoms with van der Waals surface area (Å²) in [5.74, 6) is -2.68. The third-order valence-electron chi connectivity index (χ3n) is 10.3. The molecule has 0 bridgehead atoms. The van der Waals surface area contributed by atoms with Crippen LogP contribution in [0, 0.1) is 0 Å². The number of anilines is 1. The van der Waals surface area contributed by atoms with Crippen molar-refractivity contribution in [2.24, 2.45) is 5.16 Å². The van der Waals surface area contributed by atoms with E-state index in [0.717, 1.165) is 16.7 Å². The monoisotopic (exact) mass is 904 g/mol. The first-order valence-electron chi connectivity index (χ1n) is 19.4. The number of aromatic carboxylic acids is 1. The number of thiazole rings is 1. The van der Waals surface area contributed by atoms with Crippen molar-refractivity contribution in [2.75, 3.05) is 25.3 Å². The number of carbonyl (C=O) groups excluding carboxylic acids is 4. The van der Waals surface area contributed by atoms with Gasteiger partial charge in [0.05, 0.1) is 13.1 Å². The summed E-state index contributed by atoms with van der Waals surface area (Å²) >= 11 is 2.57. The minimum atomic E-state index is -1.52. The number of aromatic nitrogens is 2. The molecule has 2 amide bonds. The van der Waals surface area contributed by atoms with Crippen LogP contribution in [0.2, 0.25) is 0 Å². The Kier molecular flexibility index (Phi) is 14.5. The third-order valence-corrected chi connectivity index (χ3v) is 12.3. The topological polar surface area (TPSA) is 198 Å². The maximum atomic E-state index is 14.1. The number of methoxy groups -OCH3 is 1. The molecular weight excluding hydrogens is 868 g/mol.